The molecule has 1 aliphatic carbocycles. The van der Waals surface area contributed by atoms with Gasteiger partial charge < -0.3 is 5.32 Å². The van der Waals surface area contributed by atoms with Crippen LogP contribution in [0, 0.1) is 11.3 Å². The van der Waals surface area contributed by atoms with Crippen molar-refractivity contribution in [2.24, 2.45) is 0 Å². The summed E-state index contributed by atoms with van der Waals surface area (Å²) >= 11 is 0. The van der Waals surface area contributed by atoms with Gasteiger partial charge in [-0.25, -0.2) is 0 Å². The monoisotopic (exact) mass is 158 g/mol. The van der Waals surface area contributed by atoms with Crippen molar-refractivity contribution in [3.8, 4) is 6.07 Å². The van der Waals surface area contributed by atoms with Gasteiger partial charge >= 0.3 is 0 Å². The summed E-state index contributed by atoms with van der Waals surface area (Å²) in [5, 5.41) is 11.9. The fourth-order valence-corrected chi connectivity index (χ4v) is 1.10. The molecular formula is C10H10N2. The highest BCUT2D eigenvalue weighted by atomic mass is 14.9. The summed E-state index contributed by atoms with van der Waals surface area (Å²) < 4.78 is 0. The lowest BCUT2D eigenvalue weighted by Crippen LogP contribution is -1.99. The van der Waals surface area contributed by atoms with Crippen molar-refractivity contribution >= 4 is 5.69 Å². The van der Waals surface area contributed by atoms with Crippen LogP contribution in [0.25, 0.3) is 0 Å². The molecule has 1 aromatic rings. The van der Waals surface area contributed by atoms with E-state index in [-0.39, 0.29) is 0 Å². The fourth-order valence-electron chi connectivity index (χ4n) is 1.10. The lowest BCUT2D eigenvalue weighted by molar-refractivity contribution is 1.16. The van der Waals surface area contributed by atoms with Gasteiger partial charge in [0.05, 0.1) is 11.6 Å². The first-order chi connectivity index (χ1) is 5.88. The molecule has 2 rings (SSSR count). The van der Waals surface area contributed by atoms with Crippen molar-refractivity contribution in [2.45, 2.75) is 18.9 Å². The van der Waals surface area contributed by atoms with E-state index in [1.165, 1.54) is 12.8 Å². The molecule has 2 nitrogen and oxygen atoms in total. The van der Waals surface area contributed by atoms with E-state index in [0.717, 1.165) is 11.3 Å². The molecule has 1 N–H and O–H groups in total. The van der Waals surface area contributed by atoms with Crippen LogP contribution in [-0.4, -0.2) is 6.04 Å². The molecule has 2 heteroatoms. The first kappa shape index (κ1) is 7.17. The predicted molar refractivity (Wildman–Crippen MR) is 47.8 cm³/mol. The summed E-state index contributed by atoms with van der Waals surface area (Å²) in [5.74, 6) is 0. The van der Waals surface area contributed by atoms with Gasteiger partial charge in [0.2, 0.25) is 0 Å². The number of hydrogen-bond acceptors (Lipinski definition) is 2. The Morgan fingerprint density at radius 1 is 1.25 bits per heavy atom. The van der Waals surface area contributed by atoms with E-state index < -0.39 is 0 Å². The van der Waals surface area contributed by atoms with Gasteiger partial charge in [-0.3, -0.25) is 0 Å². The fraction of sp³-hybridized carbons (Fsp3) is 0.300. The van der Waals surface area contributed by atoms with Crippen molar-refractivity contribution in [2.75, 3.05) is 5.32 Å². The topological polar surface area (TPSA) is 35.8 Å². The van der Waals surface area contributed by atoms with Crippen molar-refractivity contribution in [3.63, 3.8) is 0 Å². The van der Waals surface area contributed by atoms with Gasteiger partial charge in [0.1, 0.15) is 0 Å². The minimum Gasteiger partial charge on any atom is -0.382 e. The molecule has 1 aromatic carbocycles. The SMILES string of the molecule is N#Cc1ccc(NC2CC2)cc1. The zero-order valence-electron chi connectivity index (χ0n) is 6.75. The molecular weight excluding hydrogens is 148 g/mol. The number of benzene rings is 1. The van der Waals surface area contributed by atoms with Gasteiger partial charge in [-0.05, 0) is 37.1 Å². The number of nitrogens with one attached hydrogen (secondary N) is 1. The average Bonchev–Trinajstić information content (AvgIpc) is 2.90. The lowest BCUT2D eigenvalue weighted by atomic mass is 10.2. The quantitative estimate of drug-likeness (QED) is 0.715. The molecule has 1 saturated carbocycles. The molecule has 0 heterocycles. The van der Waals surface area contributed by atoms with Crippen LogP contribution in [0.2, 0.25) is 0 Å². The molecule has 1 aliphatic rings. The zero-order chi connectivity index (χ0) is 8.39. The van der Waals surface area contributed by atoms with Gasteiger partial charge in [-0.15, -0.1) is 0 Å². The Morgan fingerprint density at radius 2 is 1.92 bits per heavy atom. The Balaban J connectivity index is 2.08. The minimum atomic E-state index is 0.679. The maximum Gasteiger partial charge on any atom is 0.0991 e. The lowest BCUT2D eigenvalue weighted by Gasteiger charge is -2.02. The molecule has 0 radical (unpaired) electrons. The number of rotatable bonds is 2. The summed E-state index contributed by atoms with van der Waals surface area (Å²) in [6, 6.07) is 10.4. The second-order valence-corrected chi connectivity index (χ2v) is 3.11. The molecule has 0 bridgehead atoms. The third kappa shape index (κ3) is 1.57. The van der Waals surface area contributed by atoms with E-state index in [4.69, 9.17) is 5.26 Å². The van der Waals surface area contributed by atoms with Crippen LogP contribution in [0.1, 0.15) is 18.4 Å². The highest BCUT2D eigenvalue weighted by Crippen LogP contribution is 2.24. The van der Waals surface area contributed by atoms with Crippen molar-refractivity contribution in [3.05, 3.63) is 29.8 Å². The summed E-state index contributed by atoms with van der Waals surface area (Å²) in [6.07, 6.45) is 2.56. The van der Waals surface area contributed by atoms with Crippen molar-refractivity contribution in [1.29, 1.82) is 5.26 Å². The first-order valence-corrected chi connectivity index (χ1v) is 4.15. The Kier molecular flexibility index (Phi) is 1.71. The number of hydrogen-bond donors (Lipinski definition) is 1. The Hall–Kier alpha value is -1.49. The Labute approximate surface area is 71.8 Å². The molecule has 0 spiro atoms. The number of anilines is 1. The van der Waals surface area contributed by atoms with E-state index in [2.05, 4.69) is 11.4 Å². The summed E-state index contributed by atoms with van der Waals surface area (Å²) in [7, 11) is 0. The average molecular weight is 158 g/mol. The van der Waals surface area contributed by atoms with Gasteiger partial charge in [-0.1, -0.05) is 0 Å². The second-order valence-electron chi connectivity index (χ2n) is 3.11. The second kappa shape index (κ2) is 2.86. The predicted octanol–water partition coefficient (Wildman–Crippen LogP) is 2.13. The summed E-state index contributed by atoms with van der Waals surface area (Å²) in [6.45, 7) is 0. The van der Waals surface area contributed by atoms with Crippen LogP contribution in [0.15, 0.2) is 24.3 Å². The maximum absolute atomic E-state index is 8.55. The first-order valence-electron chi connectivity index (χ1n) is 4.15. The smallest absolute Gasteiger partial charge is 0.0991 e. The molecule has 0 aromatic heterocycles. The number of nitrogens with zero attached hydrogens (tertiary/aromatic N) is 1. The molecule has 1 fully saturated rings. The van der Waals surface area contributed by atoms with E-state index in [9.17, 15) is 0 Å². The van der Waals surface area contributed by atoms with Crippen molar-refractivity contribution < 1.29 is 0 Å². The molecule has 0 saturated heterocycles. The van der Waals surface area contributed by atoms with Gasteiger partial charge in [0.15, 0.2) is 0 Å². The van der Waals surface area contributed by atoms with Crippen LogP contribution in [0.4, 0.5) is 5.69 Å². The minimum absolute atomic E-state index is 0.679. The normalized spacial score (nSPS) is 15.2. The van der Waals surface area contributed by atoms with Gasteiger partial charge in [0.25, 0.3) is 0 Å². The molecule has 0 unspecified atom stereocenters. The van der Waals surface area contributed by atoms with Crippen molar-refractivity contribution in [1.82, 2.24) is 0 Å². The number of nitriles is 1. The highest BCUT2D eigenvalue weighted by molar-refractivity contribution is 5.48. The van der Waals surface area contributed by atoms with Crippen LogP contribution in [-0.2, 0) is 0 Å². The van der Waals surface area contributed by atoms with E-state index in [0.29, 0.717) is 6.04 Å². The molecule has 0 amide bonds. The summed E-state index contributed by atoms with van der Waals surface area (Å²) in [4.78, 5) is 0. The van der Waals surface area contributed by atoms with Gasteiger partial charge in [-0.2, -0.15) is 5.26 Å². The largest absolute Gasteiger partial charge is 0.382 e. The summed E-state index contributed by atoms with van der Waals surface area (Å²) in [5.41, 5.74) is 1.84. The van der Waals surface area contributed by atoms with Crippen LogP contribution in [0.5, 0.6) is 0 Å². The molecule has 0 aliphatic heterocycles. The zero-order valence-corrected chi connectivity index (χ0v) is 6.75. The maximum atomic E-state index is 8.55. The van der Waals surface area contributed by atoms with E-state index >= 15 is 0 Å². The van der Waals surface area contributed by atoms with Gasteiger partial charge in [0, 0.05) is 11.7 Å². The van der Waals surface area contributed by atoms with E-state index in [1.807, 2.05) is 24.3 Å². The molecule has 12 heavy (non-hydrogen) atoms. The highest BCUT2D eigenvalue weighted by Gasteiger charge is 2.20. The molecule has 0 atom stereocenters. The van der Waals surface area contributed by atoms with E-state index in [1.54, 1.807) is 0 Å². The third-order valence-electron chi connectivity index (χ3n) is 1.96. The Morgan fingerprint density at radius 3 is 2.42 bits per heavy atom. The molecule has 60 valence electrons. The van der Waals surface area contributed by atoms with Crippen LogP contribution >= 0.6 is 0 Å². The van der Waals surface area contributed by atoms with Crippen LogP contribution < -0.4 is 5.32 Å². The third-order valence-corrected chi connectivity index (χ3v) is 1.96. The van der Waals surface area contributed by atoms with Crippen LogP contribution in [0.3, 0.4) is 0 Å². The Bertz CT molecular complexity index is 304. The standard InChI is InChI=1S/C10H10N2/c11-7-8-1-3-9(4-2-8)12-10-5-6-10/h1-4,10,12H,5-6H2.